The molecule has 0 aliphatic carbocycles. The number of urea groups is 1. The minimum absolute atomic E-state index is 0.0400. The van der Waals surface area contributed by atoms with Crippen molar-refractivity contribution in [1.29, 1.82) is 0 Å². The number of nitro groups is 1. The summed E-state index contributed by atoms with van der Waals surface area (Å²) in [7, 11) is 1.52. The van der Waals surface area contributed by atoms with Gasteiger partial charge in [0.15, 0.2) is 6.17 Å². The Bertz CT molecular complexity index is 1040. The number of carbonyl (C=O) groups is 3. The van der Waals surface area contributed by atoms with Gasteiger partial charge in [-0.2, -0.15) is 0 Å². The molecule has 4 N–H and O–H groups in total. The van der Waals surface area contributed by atoms with E-state index >= 15 is 0 Å². The van der Waals surface area contributed by atoms with Gasteiger partial charge < -0.3 is 26.0 Å². The molecule has 0 saturated carbocycles. The van der Waals surface area contributed by atoms with Gasteiger partial charge >= 0.3 is 6.03 Å². The average Bonchev–Trinajstić information content (AvgIpc) is 3.28. The van der Waals surface area contributed by atoms with E-state index in [9.17, 15) is 24.5 Å². The van der Waals surface area contributed by atoms with Crippen molar-refractivity contribution in [1.82, 2.24) is 15.1 Å². The highest BCUT2D eigenvalue weighted by Gasteiger charge is 2.43. The number of amides is 4. The molecule has 0 bridgehead atoms. The Balaban J connectivity index is 1.84. The van der Waals surface area contributed by atoms with E-state index in [0.29, 0.717) is 11.4 Å². The molecular formula is C21H24N6O6. The van der Waals surface area contributed by atoms with Crippen molar-refractivity contribution in [2.75, 3.05) is 38.6 Å². The molecule has 1 atom stereocenters. The molecule has 0 radical (unpaired) electrons. The van der Waals surface area contributed by atoms with Gasteiger partial charge in [0.25, 0.3) is 17.5 Å². The van der Waals surface area contributed by atoms with E-state index in [1.54, 1.807) is 24.3 Å². The molecule has 1 aliphatic rings. The maximum atomic E-state index is 13.1. The third kappa shape index (κ3) is 5.36. The fourth-order valence-electron chi connectivity index (χ4n) is 3.41. The first-order chi connectivity index (χ1) is 15.8. The van der Waals surface area contributed by atoms with Crippen molar-refractivity contribution in [3.8, 4) is 5.75 Å². The molecule has 3 rings (SSSR count). The van der Waals surface area contributed by atoms with Gasteiger partial charge in [-0.25, -0.2) is 4.79 Å². The monoisotopic (exact) mass is 456 g/mol. The standard InChI is InChI=1S/C21H24N6O6/c1-33-17-7-5-15(6-8-17)24-21(30)26-12-11-25(19(26)18(28)23-10-9-22)20(29)14-3-2-4-16(13-14)27(31)32/h2-8,13,19H,9-12,22H2,1H3,(H,23,28)(H,24,30). The average molecular weight is 456 g/mol. The van der Waals surface area contributed by atoms with E-state index < -0.39 is 28.9 Å². The van der Waals surface area contributed by atoms with Gasteiger partial charge in [0, 0.05) is 49.6 Å². The minimum Gasteiger partial charge on any atom is -0.497 e. The lowest BCUT2D eigenvalue weighted by atomic mass is 10.1. The molecule has 4 amide bonds. The summed E-state index contributed by atoms with van der Waals surface area (Å²) in [4.78, 5) is 51.9. The second-order valence-corrected chi connectivity index (χ2v) is 7.11. The fraction of sp³-hybridized carbons (Fsp3) is 0.286. The number of methoxy groups -OCH3 is 1. The number of non-ortho nitro benzene ring substituents is 1. The topological polar surface area (TPSA) is 160 Å². The summed E-state index contributed by atoms with van der Waals surface area (Å²) in [6.07, 6.45) is -1.25. The van der Waals surface area contributed by atoms with Gasteiger partial charge in [-0.1, -0.05) is 6.07 Å². The zero-order chi connectivity index (χ0) is 24.0. The number of anilines is 1. The molecule has 1 saturated heterocycles. The number of hydrogen-bond acceptors (Lipinski definition) is 7. The normalized spacial score (nSPS) is 15.2. The summed E-state index contributed by atoms with van der Waals surface area (Å²) >= 11 is 0. The summed E-state index contributed by atoms with van der Waals surface area (Å²) in [5.41, 5.74) is 5.73. The summed E-state index contributed by atoms with van der Waals surface area (Å²) in [5, 5.41) is 16.4. The first-order valence-corrected chi connectivity index (χ1v) is 10.1. The van der Waals surface area contributed by atoms with Gasteiger partial charge in [0.05, 0.1) is 12.0 Å². The predicted octanol–water partition coefficient (Wildman–Crippen LogP) is 0.994. The highest BCUT2D eigenvalue weighted by molar-refractivity contribution is 6.01. The van der Waals surface area contributed by atoms with E-state index in [0.717, 1.165) is 6.07 Å². The van der Waals surface area contributed by atoms with Crippen molar-refractivity contribution < 1.29 is 24.0 Å². The SMILES string of the molecule is COc1ccc(NC(=O)N2CCN(C(=O)c3cccc([N+](=O)[O-])c3)C2C(=O)NCCN)cc1. The van der Waals surface area contributed by atoms with Crippen LogP contribution < -0.4 is 21.1 Å². The van der Waals surface area contributed by atoms with E-state index in [1.165, 1.54) is 35.1 Å². The van der Waals surface area contributed by atoms with Crippen molar-refractivity contribution in [3.05, 3.63) is 64.2 Å². The Kier molecular flexibility index (Phi) is 7.41. The van der Waals surface area contributed by atoms with Gasteiger partial charge in [-0.3, -0.25) is 24.6 Å². The van der Waals surface area contributed by atoms with Crippen LogP contribution in [0.1, 0.15) is 10.4 Å². The number of nitrogens with one attached hydrogen (secondary N) is 2. The number of rotatable bonds is 7. The number of ether oxygens (including phenoxy) is 1. The molecule has 12 nitrogen and oxygen atoms in total. The van der Waals surface area contributed by atoms with E-state index in [4.69, 9.17) is 10.5 Å². The molecule has 0 aromatic heterocycles. The van der Waals surface area contributed by atoms with Crippen LogP contribution in [0.5, 0.6) is 5.75 Å². The van der Waals surface area contributed by atoms with E-state index in [2.05, 4.69) is 10.6 Å². The summed E-state index contributed by atoms with van der Waals surface area (Å²) < 4.78 is 5.09. The van der Waals surface area contributed by atoms with Crippen LogP contribution in [0.15, 0.2) is 48.5 Å². The summed E-state index contributed by atoms with van der Waals surface area (Å²) in [6, 6.07) is 11.3. The number of nitrogens with zero attached hydrogens (tertiary/aromatic N) is 3. The summed E-state index contributed by atoms with van der Waals surface area (Å²) in [5.74, 6) is -0.574. The van der Waals surface area contributed by atoms with Crippen LogP contribution in [-0.2, 0) is 4.79 Å². The molecule has 174 valence electrons. The van der Waals surface area contributed by atoms with Gasteiger partial charge in [-0.05, 0) is 30.3 Å². The predicted molar refractivity (Wildman–Crippen MR) is 119 cm³/mol. The molecule has 1 heterocycles. The van der Waals surface area contributed by atoms with Gasteiger partial charge in [0.2, 0.25) is 0 Å². The van der Waals surface area contributed by atoms with Gasteiger partial charge in [0.1, 0.15) is 5.75 Å². The number of carbonyl (C=O) groups excluding carboxylic acids is 3. The third-order valence-electron chi connectivity index (χ3n) is 5.02. The first kappa shape index (κ1) is 23.5. The maximum absolute atomic E-state index is 13.1. The van der Waals surface area contributed by atoms with Crippen LogP contribution >= 0.6 is 0 Å². The summed E-state index contributed by atoms with van der Waals surface area (Å²) in [6.45, 7) is 0.485. The smallest absolute Gasteiger partial charge is 0.323 e. The Morgan fingerprint density at radius 2 is 1.85 bits per heavy atom. The zero-order valence-corrected chi connectivity index (χ0v) is 17.9. The molecule has 2 aromatic rings. The number of hydrogen-bond donors (Lipinski definition) is 3. The van der Waals surface area contributed by atoms with Crippen molar-refractivity contribution >= 4 is 29.2 Å². The maximum Gasteiger partial charge on any atom is 0.323 e. The molecule has 0 spiro atoms. The lowest BCUT2D eigenvalue weighted by Crippen LogP contribution is -2.55. The largest absolute Gasteiger partial charge is 0.497 e. The molecule has 1 fully saturated rings. The number of nitro benzene ring substituents is 1. The van der Waals surface area contributed by atoms with Crippen LogP contribution in [-0.4, -0.2) is 72.0 Å². The molecule has 33 heavy (non-hydrogen) atoms. The molecule has 1 unspecified atom stereocenters. The van der Waals surface area contributed by atoms with Crippen LogP contribution in [0, 0.1) is 10.1 Å². The van der Waals surface area contributed by atoms with Crippen LogP contribution in [0.3, 0.4) is 0 Å². The molecular weight excluding hydrogens is 432 g/mol. The zero-order valence-electron chi connectivity index (χ0n) is 17.9. The Labute approximate surface area is 189 Å². The minimum atomic E-state index is -1.25. The Morgan fingerprint density at radius 3 is 2.48 bits per heavy atom. The molecule has 1 aliphatic heterocycles. The van der Waals surface area contributed by atoms with Crippen LogP contribution in [0.4, 0.5) is 16.2 Å². The third-order valence-corrected chi connectivity index (χ3v) is 5.02. The van der Waals surface area contributed by atoms with Crippen molar-refractivity contribution in [2.45, 2.75) is 6.17 Å². The fourth-order valence-corrected chi connectivity index (χ4v) is 3.41. The lowest BCUT2D eigenvalue weighted by molar-refractivity contribution is -0.384. The lowest BCUT2D eigenvalue weighted by Gasteiger charge is -2.29. The van der Waals surface area contributed by atoms with Gasteiger partial charge in [-0.15, -0.1) is 0 Å². The molecule has 12 heteroatoms. The second kappa shape index (κ2) is 10.4. The highest BCUT2D eigenvalue weighted by Crippen LogP contribution is 2.23. The second-order valence-electron chi connectivity index (χ2n) is 7.11. The molecule has 2 aromatic carbocycles. The van der Waals surface area contributed by atoms with E-state index in [1.807, 2.05) is 0 Å². The number of benzene rings is 2. The highest BCUT2D eigenvalue weighted by atomic mass is 16.6. The number of nitrogens with two attached hydrogens (primary N) is 1. The Morgan fingerprint density at radius 1 is 1.15 bits per heavy atom. The van der Waals surface area contributed by atoms with Crippen molar-refractivity contribution in [2.24, 2.45) is 5.73 Å². The van der Waals surface area contributed by atoms with Crippen LogP contribution in [0.25, 0.3) is 0 Å². The Hall–Kier alpha value is -4.19. The first-order valence-electron chi connectivity index (χ1n) is 10.1. The van der Waals surface area contributed by atoms with Crippen LogP contribution in [0.2, 0.25) is 0 Å². The van der Waals surface area contributed by atoms with E-state index in [-0.39, 0.29) is 37.4 Å². The van der Waals surface area contributed by atoms with Crippen molar-refractivity contribution in [3.63, 3.8) is 0 Å². The quantitative estimate of drug-likeness (QED) is 0.414.